The lowest BCUT2D eigenvalue weighted by molar-refractivity contribution is -0.149. The fourth-order valence-electron chi connectivity index (χ4n) is 4.97. The predicted molar refractivity (Wildman–Crippen MR) is 171 cm³/mol. The van der Waals surface area contributed by atoms with Crippen LogP contribution in [-0.4, -0.2) is 74.3 Å². The molecule has 2 aromatic heterocycles. The van der Waals surface area contributed by atoms with Gasteiger partial charge in [0, 0.05) is 12.4 Å². The van der Waals surface area contributed by atoms with Gasteiger partial charge >= 0.3 is 12.6 Å². The fourth-order valence-corrected chi connectivity index (χ4v) is 7.39. The van der Waals surface area contributed by atoms with E-state index < -0.39 is 49.4 Å². The Morgan fingerprint density at radius 1 is 1.27 bits per heavy atom. The summed E-state index contributed by atoms with van der Waals surface area (Å²) in [6, 6.07) is 12.0. The number of aryl methyl sites for hydroxylation is 1. The largest absolute Gasteiger partial charge is 0.462 e. The van der Waals surface area contributed by atoms with Crippen LogP contribution in [-0.2, 0) is 30.6 Å². The third-order valence-corrected chi connectivity index (χ3v) is 9.61. The molecule has 2 aromatic carbocycles. The Balaban J connectivity index is 1.44. The second-order valence-electron chi connectivity index (χ2n) is 10.8. The molecule has 0 amide bonds. The van der Waals surface area contributed by atoms with Crippen LogP contribution in [0.2, 0.25) is 0 Å². The summed E-state index contributed by atoms with van der Waals surface area (Å²) >= 11 is 5.87. The number of carbonyl (C=O) groups excluding carboxylic acids is 1. The van der Waals surface area contributed by atoms with Gasteiger partial charge in [-0.15, -0.1) is 6.42 Å². The maximum Gasteiger partial charge on any atom is 0.323 e. The first-order chi connectivity index (χ1) is 21.4. The van der Waals surface area contributed by atoms with Gasteiger partial charge in [-0.1, -0.05) is 42.3 Å². The number of terminal acetylenes is 1. The summed E-state index contributed by atoms with van der Waals surface area (Å²) in [5.41, 5.74) is -2.07. The van der Waals surface area contributed by atoms with Crippen molar-refractivity contribution in [2.45, 2.75) is 63.9 Å². The number of ether oxygens (including phenoxy) is 2. The van der Waals surface area contributed by atoms with E-state index >= 15 is 4.39 Å². The molecule has 15 heteroatoms. The lowest BCUT2D eigenvalue weighted by Gasteiger charge is -2.28. The summed E-state index contributed by atoms with van der Waals surface area (Å²) in [6.07, 6.45) is 1.96. The summed E-state index contributed by atoms with van der Waals surface area (Å²) in [5, 5.41) is 18.7. The van der Waals surface area contributed by atoms with Crippen molar-refractivity contribution >= 4 is 52.2 Å². The highest BCUT2D eigenvalue weighted by atomic mass is 32.5. The molecule has 5 rings (SSSR count). The normalized spacial score (nSPS) is 23.5. The molecule has 12 nitrogen and oxygen atoms in total. The zero-order chi connectivity index (χ0) is 32.5. The van der Waals surface area contributed by atoms with Crippen molar-refractivity contribution in [2.24, 2.45) is 0 Å². The second kappa shape index (κ2) is 13.0. The van der Waals surface area contributed by atoms with Crippen LogP contribution in [0.25, 0.3) is 21.9 Å². The van der Waals surface area contributed by atoms with Crippen molar-refractivity contribution in [3.8, 4) is 18.1 Å². The minimum absolute atomic E-state index is 0.256. The van der Waals surface area contributed by atoms with Crippen LogP contribution in [0.15, 0.2) is 48.8 Å². The van der Waals surface area contributed by atoms with Crippen LogP contribution >= 0.6 is 6.64 Å². The van der Waals surface area contributed by atoms with E-state index in [9.17, 15) is 9.90 Å². The number of aromatic nitrogens is 4. The third kappa shape index (κ3) is 6.51. The Labute approximate surface area is 264 Å². The highest BCUT2D eigenvalue weighted by Crippen LogP contribution is 2.49. The average molecular weight is 657 g/mol. The van der Waals surface area contributed by atoms with Gasteiger partial charge in [0.25, 0.3) is 0 Å². The minimum Gasteiger partial charge on any atom is -0.462 e. The number of aliphatic hydroxyl groups excluding tert-OH is 1. The molecule has 1 aliphatic heterocycles. The molecule has 0 aliphatic carbocycles. The van der Waals surface area contributed by atoms with Crippen molar-refractivity contribution in [2.75, 3.05) is 19.0 Å². The van der Waals surface area contributed by atoms with Gasteiger partial charge in [-0.05, 0) is 51.0 Å². The van der Waals surface area contributed by atoms with Crippen LogP contribution in [0.1, 0.15) is 32.8 Å². The van der Waals surface area contributed by atoms with E-state index in [4.69, 9.17) is 36.8 Å². The number of fused-ring (bicyclic) bond motifs is 2. The number of anilines is 1. The molecular weight excluding hydrogens is 622 g/mol. The number of alkyl halides is 1. The summed E-state index contributed by atoms with van der Waals surface area (Å²) in [5.74, 6) is 2.73. The fraction of sp³-hybridized carbons (Fsp3) is 0.400. The molecule has 0 bridgehead atoms. The van der Waals surface area contributed by atoms with Gasteiger partial charge in [0.2, 0.25) is 5.67 Å². The summed E-state index contributed by atoms with van der Waals surface area (Å²) < 4.78 is 41.5. The quantitative estimate of drug-likeness (QED) is 0.121. The van der Waals surface area contributed by atoms with Crippen LogP contribution in [0.4, 0.5) is 10.2 Å². The smallest absolute Gasteiger partial charge is 0.323 e. The highest BCUT2D eigenvalue weighted by molar-refractivity contribution is 8.09. The lowest BCUT2D eigenvalue weighted by atomic mass is 9.97. The molecule has 0 radical (unpaired) electrons. The number of nitrogens with one attached hydrogen (secondary N) is 2. The molecule has 1 fully saturated rings. The Kier molecular flexibility index (Phi) is 9.41. The lowest BCUT2D eigenvalue weighted by Crippen LogP contribution is -2.42. The SMILES string of the molecule is C#C[C@@]1(F)[C@H](O)[C@@H](COP(=S)(N[C@@H](C)C(=O)OC(C)C)Oc2cccc3ccccc23)O[C@H]1n1cnc2c(NC)nc(C)nc21. The van der Waals surface area contributed by atoms with Gasteiger partial charge in [0.05, 0.1) is 19.0 Å². The molecule has 0 saturated carbocycles. The van der Waals surface area contributed by atoms with E-state index in [2.05, 4.69) is 31.3 Å². The minimum atomic E-state index is -3.60. The highest BCUT2D eigenvalue weighted by Gasteiger charge is 2.58. The monoisotopic (exact) mass is 656 g/mol. The van der Waals surface area contributed by atoms with E-state index in [0.29, 0.717) is 22.9 Å². The third-order valence-electron chi connectivity index (χ3n) is 7.12. The van der Waals surface area contributed by atoms with Crippen molar-refractivity contribution in [1.29, 1.82) is 0 Å². The van der Waals surface area contributed by atoms with Gasteiger partial charge in [0.15, 0.2) is 23.2 Å². The molecule has 3 heterocycles. The number of aliphatic hydroxyl groups is 1. The first kappa shape index (κ1) is 32.7. The van der Waals surface area contributed by atoms with Crippen molar-refractivity contribution < 1.29 is 32.8 Å². The van der Waals surface area contributed by atoms with E-state index in [-0.39, 0.29) is 11.8 Å². The molecule has 1 saturated heterocycles. The molecule has 3 N–H and O–H groups in total. The first-order valence-corrected chi connectivity index (χ1v) is 16.8. The van der Waals surface area contributed by atoms with E-state index in [1.54, 1.807) is 46.9 Å². The standard InChI is InChI=1S/C30H34FN6O6PS/c1-7-30(31)25(38)23(42-29(30)37-16-33-24-26(32-6)34-19(5)35-27(24)37)15-40-44(45,36-18(4)28(39)41-17(2)3)43-22-14-10-12-20-11-8-9-13-21(20)22/h1,8-14,16-18,23,25,29,38H,15H2,2-6H3,(H,36,45)(H,32,34,35)/t18-,23+,25+,29+,30+,44?/m0/s1. The maximum absolute atomic E-state index is 16.4. The second-order valence-corrected chi connectivity index (χ2v) is 13.9. The maximum atomic E-state index is 16.4. The Morgan fingerprint density at radius 2 is 2.00 bits per heavy atom. The number of esters is 1. The number of halogens is 1. The molecule has 0 spiro atoms. The number of nitrogens with zero attached hydrogens (tertiary/aromatic N) is 4. The predicted octanol–water partition coefficient (Wildman–Crippen LogP) is 4.18. The van der Waals surface area contributed by atoms with Crippen LogP contribution in [0, 0.1) is 19.3 Å². The van der Waals surface area contributed by atoms with Crippen molar-refractivity contribution in [1.82, 2.24) is 24.6 Å². The number of imidazole rings is 1. The van der Waals surface area contributed by atoms with Gasteiger partial charge in [-0.2, -0.15) is 0 Å². The summed E-state index contributed by atoms with van der Waals surface area (Å²) in [6.45, 7) is 2.66. The average Bonchev–Trinajstić information content (AvgIpc) is 3.53. The summed E-state index contributed by atoms with van der Waals surface area (Å²) in [7, 11) is 1.67. The van der Waals surface area contributed by atoms with Crippen LogP contribution < -0.4 is 14.9 Å². The zero-order valence-electron chi connectivity index (χ0n) is 25.3. The number of rotatable bonds is 11. The van der Waals surface area contributed by atoms with Crippen molar-refractivity contribution in [3.63, 3.8) is 0 Å². The van der Waals surface area contributed by atoms with Crippen LogP contribution in [0.5, 0.6) is 5.75 Å². The van der Waals surface area contributed by atoms with Gasteiger partial charge < -0.3 is 28.9 Å². The van der Waals surface area contributed by atoms with E-state index in [1.807, 2.05) is 30.3 Å². The van der Waals surface area contributed by atoms with E-state index in [0.717, 1.165) is 10.8 Å². The van der Waals surface area contributed by atoms with Crippen molar-refractivity contribution in [3.05, 3.63) is 54.6 Å². The Bertz CT molecular complexity index is 1810. The van der Waals surface area contributed by atoms with Gasteiger partial charge in [-0.3, -0.25) is 9.36 Å². The van der Waals surface area contributed by atoms with Gasteiger partial charge in [0.1, 0.15) is 29.8 Å². The number of carbonyl (C=O) groups is 1. The molecule has 1 aliphatic rings. The van der Waals surface area contributed by atoms with Crippen LogP contribution in [0.3, 0.4) is 0 Å². The Hall–Kier alpha value is -3.70. The molecule has 6 atom stereocenters. The molecule has 1 unspecified atom stereocenters. The Morgan fingerprint density at radius 3 is 2.71 bits per heavy atom. The topological polar surface area (TPSA) is 142 Å². The van der Waals surface area contributed by atoms with Gasteiger partial charge in [-0.25, -0.2) is 24.4 Å². The number of hydrogen-bond donors (Lipinski definition) is 3. The first-order valence-electron chi connectivity index (χ1n) is 14.2. The molecular formula is C30H34FN6O6PS. The molecule has 4 aromatic rings. The summed E-state index contributed by atoms with van der Waals surface area (Å²) in [4.78, 5) is 25.7. The van der Waals surface area contributed by atoms with E-state index in [1.165, 1.54) is 10.9 Å². The number of benzene rings is 2. The zero-order valence-corrected chi connectivity index (χ0v) is 27.0. The number of hydrogen-bond acceptors (Lipinski definition) is 11. The molecule has 238 valence electrons. The molecule has 45 heavy (non-hydrogen) atoms.